The Kier molecular flexibility index (Phi) is 8.89. The lowest BCUT2D eigenvalue weighted by atomic mass is 10.3. The minimum Gasteiger partial charge on any atom is -0.480 e. The molecule has 18 heavy (non-hydrogen) atoms. The van der Waals surface area contributed by atoms with Gasteiger partial charge in [0.25, 0.3) is 0 Å². The molecular weight excluding hydrogens is 242 g/mol. The molecule has 0 rings (SSSR count). The lowest BCUT2D eigenvalue weighted by Gasteiger charge is -2.13. The number of carbonyl (C=O) groups excluding carboxylic acids is 1. The Morgan fingerprint density at radius 2 is 2.00 bits per heavy atom. The predicted octanol–water partition coefficient (Wildman–Crippen LogP) is -1.69. The number of ether oxygens (including phenoxy) is 1. The van der Waals surface area contributed by atoms with Gasteiger partial charge >= 0.3 is 12.0 Å². The minimum atomic E-state index is -1.29. The van der Waals surface area contributed by atoms with Crippen LogP contribution < -0.4 is 10.6 Å². The van der Waals surface area contributed by atoms with Crippen molar-refractivity contribution in [2.75, 3.05) is 47.0 Å². The summed E-state index contributed by atoms with van der Waals surface area (Å²) in [5.74, 6) is -1.28. The molecule has 106 valence electrons. The van der Waals surface area contributed by atoms with Crippen molar-refractivity contribution in [3.63, 3.8) is 0 Å². The van der Waals surface area contributed by atoms with Crippen molar-refractivity contribution in [2.24, 2.45) is 0 Å². The Hall–Kier alpha value is -1.38. The van der Waals surface area contributed by atoms with Gasteiger partial charge in [0.05, 0.1) is 19.8 Å². The molecule has 0 spiro atoms. The lowest BCUT2D eigenvalue weighted by Crippen LogP contribution is -2.48. The van der Waals surface area contributed by atoms with Gasteiger partial charge < -0.3 is 30.5 Å². The van der Waals surface area contributed by atoms with Crippen LogP contribution in [0.3, 0.4) is 0 Å². The van der Waals surface area contributed by atoms with E-state index < -0.39 is 24.6 Å². The maximum Gasteiger partial charge on any atom is 0.328 e. The van der Waals surface area contributed by atoms with E-state index in [2.05, 4.69) is 10.6 Å². The summed E-state index contributed by atoms with van der Waals surface area (Å²) >= 11 is 0. The number of nitrogens with one attached hydrogen (secondary N) is 2. The first-order chi connectivity index (χ1) is 8.47. The Bertz CT molecular complexity index is 260. The lowest BCUT2D eigenvalue weighted by molar-refractivity contribution is -0.140. The Morgan fingerprint density at radius 1 is 1.33 bits per heavy atom. The zero-order chi connectivity index (χ0) is 14.0. The highest BCUT2D eigenvalue weighted by molar-refractivity contribution is 5.82. The van der Waals surface area contributed by atoms with Gasteiger partial charge in [-0.1, -0.05) is 0 Å². The van der Waals surface area contributed by atoms with E-state index in [1.54, 1.807) is 0 Å². The van der Waals surface area contributed by atoms with Crippen molar-refractivity contribution in [2.45, 2.75) is 6.04 Å². The molecule has 0 saturated heterocycles. The second kappa shape index (κ2) is 9.63. The van der Waals surface area contributed by atoms with Crippen molar-refractivity contribution in [1.82, 2.24) is 15.5 Å². The number of hydrogen-bond acceptors (Lipinski definition) is 5. The number of urea groups is 1. The second-order valence-corrected chi connectivity index (χ2v) is 3.89. The topological polar surface area (TPSA) is 111 Å². The number of carbonyl (C=O) groups is 2. The quantitative estimate of drug-likeness (QED) is 0.369. The number of rotatable bonds is 9. The van der Waals surface area contributed by atoms with E-state index in [-0.39, 0.29) is 6.54 Å². The van der Waals surface area contributed by atoms with Gasteiger partial charge in [-0.15, -0.1) is 0 Å². The average Bonchev–Trinajstić information content (AvgIpc) is 2.29. The fourth-order valence-corrected chi connectivity index (χ4v) is 0.981. The van der Waals surface area contributed by atoms with Crippen molar-refractivity contribution in [3.8, 4) is 0 Å². The van der Waals surface area contributed by atoms with Gasteiger partial charge in [-0.3, -0.25) is 0 Å². The number of likely N-dealkylation sites (N-methyl/N-ethyl adjacent to an activating group) is 1. The van der Waals surface area contributed by atoms with E-state index in [0.29, 0.717) is 13.2 Å². The van der Waals surface area contributed by atoms with Crippen LogP contribution in [0.2, 0.25) is 0 Å². The Balaban J connectivity index is 3.56. The monoisotopic (exact) mass is 263 g/mol. The molecule has 0 heterocycles. The molecule has 4 N–H and O–H groups in total. The van der Waals surface area contributed by atoms with Crippen LogP contribution in [0.5, 0.6) is 0 Å². The molecule has 0 aliphatic carbocycles. The fraction of sp³-hybridized carbons (Fsp3) is 0.800. The normalized spacial score (nSPS) is 12.2. The van der Waals surface area contributed by atoms with E-state index in [0.717, 1.165) is 6.54 Å². The first-order valence-electron chi connectivity index (χ1n) is 5.58. The van der Waals surface area contributed by atoms with Gasteiger partial charge in [-0.2, -0.15) is 0 Å². The molecule has 8 nitrogen and oxygen atoms in total. The largest absolute Gasteiger partial charge is 0.480 e. The second-order valence-electron chi connectivity index (χ2n) is 3.89. The zero-order valence-electron chi connectivity index (χ0n) is 10.7. The van der Waals surface area contributed by atoms with Crippen molar-refractivity contribution in [3.05, 3.63) is 0 Å². The van der Waals surface area contributed by atoms with Crippen LogP contribution in [0.1, 0.15) is 0 Å². The van der Waals surface area contributed by atoms with Crippen molar-refractivity contribution < 1.29 is 24.5 Å². The van der Waals surface area contributed by atoms with Gasteiger partial charge in [0, 0.05) is 13.1 Å². The third kappa shape index (κ3) is 8.74. The standard InChI is InChI=1S/C10H21N3O5/c1-13(2)4-6-18-5-3-11-10(17)12-8(7-14)9(15)16/h8,14H,3-7H2,1-2H3,(H,15,16)(H2,11,12,17)/t8-/m0/s1. The smallest absolute Gasteiger partial charge is 0.328 e. The van der Waals surface area contributed by atoms with Crippen LogP contribution in [-0.4, -0.2) is 80.2 Å². The van der Waals surface area contributed by atoms with Crippen molar-refractivity contribution >= 4 is 12.0 Å². The van der Waals surface area contributed by atoms with Crippen LogP contribution in [0.25, 0.3) is 0 Å². The summed E-state index contributed by atoms with van der Waals surface area (Å²) in [6.07, 6.45) is 0. The van der Waals surface area contributed by atoms with Gasteiger partial charge in [0.2, 0.25) is 0 Å². The van der Waals surface area contributed by atoms with E-state index in [1.807, 2.05) is 19.0 Å². The first-order valence-corrected chi connectivity index (χ1v) is 5.58. The van der Waals surface area contributed by atoms with Gasteiger partial charge in [-0.25, -0.2) is 9.59 Å². The van der Waals surface area contributed by atoms with Gasteiger partial charge in [0.15, 0.2) is 6.04 Å². The summed E-state index contributed by atoms with van der Waals surface area (Å²) in [6, 6.07) is -1.94. The van der Waals surface area contributed by atoms with E-state index >= 15 is 0 Å². The number of carboxylic acids is 1. The summed E-state index contributed by atoms with van der Waals surface area (Å²) < 4.78 is 5.22. The Labute approximate surface area is 106 Å². The molecule has 0 radical (unpaired) electrons. The molecular formula is C10H21N3O5. The summed E-state index contributed by atoms with van der Waals surface area (Å²) in [5.41, 5.74) is 0. The molecule has 8 heteroatoms. The number of aliphatic hydroxyl groups excluding tert-OH is 1. The molecule has 0 aliphatic heterocycles. The molecule has 0 aromatic carbocycles. The SMILES string of the molecule is CN(C)CCOCCNC(=O)N[C@@H](CO)C(=O)O. The molecule has 0 fully saturated rings. The summed E-state index contributed by atoms with van der Waals surface area (Å²) in [5, 5.41) is 21.8. The number of aliphatic carboxylic acids is 1. The average molecular weight is 263 g/mol. The molecule has 1 atom stereocenters. The molecule has 2 amide bonds. The highest BCUT2D eigenvalue weighted by atomic mass is 16.5. The van der Waals surface area contributed by atoms with E-state index in [9.17, 15) is 9.59 Å². The van der Waals surface area contributed by atoms with Crippen LogP contribution in [0, 0.1) is 0 Å². The van der Waals surface area contributed by atoms with E-state index in [1.165, 1.54) is 0 Å². The molecule has 0 aromatic heterocycles. The molecule has 0 saturated carbocycles. The van der Waals surface area contributed by atoms with Crippen LogP contribution in [0.4, 0.5) is 4.79 Å². The van der Waals surface area contributed by atoms with Gasteiger partial charge in [-0.05, 0) is 14.1 Å². The van der Waals surface area contributed by atoms with Crippen LogP contribution >= 0.6 is 0 Å². The molecule has 0 aromatic rings. The van der Waals surface area contributed by atoms with Crippen LogP contribution in [-0.2, 0) is 9.53 Å². The van der Waals surface area contributed by atoms with Crippen molar-refractivity contribution in [1.29, 1.82) is 0 Å². The molecule has 0 bridgehead atoms. The number of nitrogens with zero attached hydrogens (tertiary/aromatic N) is 1. The summed E-state index contributed by atoms with van der Waals surface area (Å²) in [6.45, 7) is 1.32. The molecule has 0 aliphatic rings. The maximum atomic E-state index is 11.2. The predicted molar refractivity (Wildman–Crippen MR) is 64.4 cm³/mol. The highest BCUT2D eigenvalue weighted by Crippen LogP contribution is 1.82. The van der Waals surface area contributed by atoms with Gasteiger partial charge in [0.1, 0.15) is 0 Å². The Morgan fingerprint density at radius 3 is 2.50 bits per heavy atom. The number of hydrogen-bond donors (Lipinski definition) is 4. The molecule has 0 unspecified atom stereocenters. The third-order valence-corrected chi connectivity index (χ3v) is 2.00. The summed E-state index contributed by atoms with van der Waals surface area (Å²) in [4.78, 5) is 23.7. The van der Waals surface area contributed by atoms with Crippen LogP contribution in [0.15, 0.2) is 0 Å². The zero-order valence-corrected chi connectivity index (χ0v) is 10.7. The number of carboxylic acid groups (broad SMARTS) is 1. The maximum absolute atomic E-state index is 11.2. The third-order valence-electron chi connectivity index (χ3n) is 2.00. The summed E-state index contributed by atoms with van der Waals surface area (Å²) in [7, 11) is 3.85. The number of amides is 2. The minimum absolute atomic E-state index is 0.275. The fourth-order valence-electron chi connectivity index (χ4n) is 0.981. The van der Waals surface area contributed by atoms with E-state index in [4.69, 9.17) is 14.9 Å². The highest BCUT2D eigenvalue weighted by Gasteiger charge is 2.17. The first kappa shape index (κ1) is 16.6. The number of aliphatic hydroxyl groups is 1.